The lowest BCUT2D eigenvalue weighted by Crippen LogP contribution is -2.42. The van der Waals surface area contributed by atoms with Gasteiger partial charge in [-0.15, -0.1) is 0 Å². The molecule has 2 atom stereocenters. The van der Waals surface area contributed by atoms with Crippen LogP contribution in [0.4, 0.5) is 0 Å². The Hall–Kier alpha value is -2.94. The fourth-order valence-corrected chi connectivity index (χ4v) is 3.27. The van der Waals surface area contributed by atoms with E-state index in [4.69, 9.17) is 4.42 Å². The molecule has 0 aromatic carbocycles. The quantitative estimate of drug-likeness (QED) is 0.664. The number of likely N-dealkylation sites (N-methyl/N-ethyl adjacent to an activating group) is 1. The summed E-state index contributed by atoms with van der Waals surface area (Å²) in [7, 11) is 0. The van der Waals surface area contributed by atoms with E-state index in [1.807, 2.05) is 17.9 Å². The summed E-state index contributed by atoms with van der Waals surface area (Å²) in [5.74, 6) is -0.124. The molecule has 9 heteroatoms. The van der Waals surface area contributed by atoms with Crippen molar-refractivity contribution in [3.63, 3.8) is 0 Å². The molecule has 144 valence electrons. The zero-order valence-electron chi connectivity index (χ0n) is 15.3. The molecule has 9 nitrogen and oxygen atoms in total. The SMILES string of the molecule is CCNC(=O)[C@@H]1C[C@H](NC(=O)c2cnc(C)[nH]c2=O)CN1Cc1ccoc1. The number of aromatic amines is 1. The number of likely N-dealkylation sites (tertiary alicyclic amines) is 1. The van der Waals surface area contributed by atoms with E-state index < -0.39 is 11.5 Å². The molecule has 0 spiro atoms. The molecule has 1 aliphatic rings. The molecule has 27 heavy (non-hydrogen) atoms. The van der Waals surface area contributed by atoms with Crippen LogP contribution in [0.1, 0.15) is 35.1 Å². The Labute approximate surface area is 156 Å². The summed E-state index contributed by atoms with van der Waals surface area (Å²) in [4.78, 5) is 45.3. The first-order chi connectivity index (χ1) is 13.0. The van der Waals surface area contributed by atoms with Gasteiger partial charge in [0.05, 0.1) is 18.6 Å². The van der Waals surface area contributed by atoms with Crippen LogP contribution in [0, 0.1) is 6.92 Å². The minimum Gasteiger partial charge on any atom is -0.472 e. The van der Waals surface area contributed by atoms with Crippen molar-refractivity contribution in [2.45, 2.75) is 38.9 Å². The number of amides is 2. The summed E-state index contributed by atoms with van der Waals surface area (Å²) in [6.07, 6.45) is 4.95. The highest BCUT2D eigenvalue weighted by Gasteiger charge is 2.37. The summed E-state index contributed by atoms with van der Waals surface area (Å²) in [6.45, 7) is 5.08. The van der Waals surface area contributed by atoms with E-state index in [-0.39, 0.29) is 23.6 Å². The molecule has 0 saturated carbocycles. The van der Waals surface area contributed by atoms with Crippen molar-refractivity contribution >= 4 is 11.8 Å². The van der Waals surface area contributed by atoms with E-state index in [0.717, 1.165) is 5.56 Å². The number of H-pyrrole nitrogens is 1. The van der Waals surface area contributed by atoms with E-state index in [1.54, 1.807) is 19.5 Å². The summed E-state index contributed by atoms with van der Waals surface area (Å²) in [6, 6.07) is 1.23. The van der Waals surface area contributed by atoms with Crippen LogP contribution >= 0.6 is 0 Å². The van der Waals surface area contributed by atoms with E-state index in [9.17, 15) is 14.4 Å². The Morgan fingerprint density at radius 3 is 2.93 bits per heavy atom. The minimum absolute atomic E-state index is 0.0385. The molecule has 0 unspecified atom stereocenters. The Kier molecular flexibility index (Phi) is 5.70. The average Bonchev–Trinajstić information content (AvgIpc) is 3.25. The van der Waals surface area contributed by atoms with Gasteiger partial charge in [-0.3, -0.25) is 19.3 Å². The normalized spacial score (nSPS) is 19.8. The predicted molar refractivity (Wildman–Crippen MR) is 97.1 cm³/mol. The van der Waals surface area contributed by atoms with Gasteiger partial charge in [-0.1, -0.05) is 0 Å². The summed E-state index contributed by atoms with van der Waals surface area (Å²) >= 11 is 0. The van der Waals surface area contributed by atoms with Gasteiger partial charge in [0, 0.05) is 37.4 Å². The summed E-state index contributed by atoms with van der Waals surface area (Å²) < 4.78 is 5.10. The number of hydrogen-bond acceptors (Lipinski definition) is 6. The maximum atomic E-state index is 12.5. The van der Waals surface area contributed by atoms with Crippen molar-refractivity contribution in [2.75, 3.05) is 13.1 Å². The van der Waals surface area contributed by atoms with Crippen molar-refractivity contribution in [3.05, 3.63) is 52.1 Å². The van der Waals surface area contributed by atoms with Crippen LogP contribution in [0.25, 0.3) is 0 Å². The molecule has 1 aliphatic heterocycles. The first-order valence-electron chi connectivity index (χ1n) is 8.87. The summed E-state index contributed by atoms with van der Waals surface area (Å²) in [5.41, 5.74) is 0.437. The van der Waals surface area contributed by atoms with Gasteiger partial charge >= 0.3 is 0 Å². The largest absolute Gasteiger partial charge is 0.472 e. The van der Waals surface area contributed by atoms with Crippen LogP contribution < -0.4 is 16.2 Å². The van der Waals surface area contributed by atoms with Crippen LogP contribution in [0.2, 0.25) is 0 Å². The van der Waals surface area contributed by atoms with E-state index in [0.29, 0.717) is 31.9 Å². The highest BCUT2D eigenvalue weighted by atomic mass is 16.3. The van der Waals surface area contributed by atoms with Gasteiger partial charge in [0.1, 0.15) is 11.4 Å². The lowest BCUT2D eigenvalue weighted by Gasteiger charge is -2.22. The second-order valence-electron chi connectivity index (χ2n) is 6.59. The zero-order chi connectivity index (χ0) is 19.4. The Morgan fingerprint density at radius 1 is 1.44 bits per heavy atom. The lowest BCUT2D eigenvalue weighted by molar-refractivity contribution is -0.125. The molecule has 2 aromatic rings. The van der Waals surface area contributed by atoms with Gasteiger partial charge in [-0.2, -0.15) is 0 Å². The van der Waals surface area contributed by atoms with Crippen molar-refractivity contribution in [3.8, 4) is 0 Å². The standard InChI is InChI=1S/C18H23N5O4/c1-3-19-18(26)15-6-13(9-23(15)8-12-4-5-27-10-12)22-17(25)14-7-20-11(2)21-16(14)24/h4-5,7,10,13,15H,3,6,8-9H2,1-2H3,(H,19,26)(H,22,25)(H,20,21,24)/t13-,15-/m0/s1. The minimum atomic E-state index is -0.492. The van der Waals surface area contributed by atoms with Crippen LogP contribution in [0.5, 0.6) is 0 Å². The van der Waals surface area contributed by atoms with Crippen molar-refractivity contribution in [2.24, 2.45) is 0 Å². The summed E-state index contributed by atoms with van der Waals surface area (Å²) in [5, 5.41) is 5.68. The highest BCUT2D eigenvalue weighted by Crippen LogP contribution is 2.21. The topological polar surface area (TPSA) is 120 Å². The number of hydrogen-bond donors (Lipinski definition) is 3. The van der Waals surface area contributed by atoms with Crippen molar-refractivity contribution in [1.82, 2.24) is 25.5 Å². The molecule has 3 N–H and O–H groups in total. The van der Waals surface area contributed by atoms with Gasteiger partial charge in [-0.05, 0) is 26.3 Å². The molecular formula is C18H23N5O4. The third kappa shape index (κ3) is 4.43. The fraction of sp³-hybridized carbons (Fsp3) is 0.444. The van der Waals surface area contributed by atoms with Crippen molar-refractivity contribution in [1.29, 1.82) is 0 Å². The fourth-order valence-electron chi connectivity index (χ4n) is 3.27. The number of rotatable bonds is 6. The molecule has 0 radical (unpaired) electrons. The highest BCUT2D eigenvalue weighted by molar-refractivity contribution is 5.93. The van der Waals surface area contributed by atoms with Gasteiger partial charge in [0.25, 0.3) is 11.5 Å². The molecular weight excluding hydrogens is 350 g/mol. The molecule has 1 fully saturated rings. The first kappa shape index (κ1) is 18.8. The van der Waals surface area contributed by atoms with Crippen molar-refractivity contribution < 1.29 is 14.0 Å². The van der Waals surface area contributed by atoms with E-state index in [1.165, 1.54) is 6.20 Å². The number of aromatic nitrogens is 2. The molecule has 3 rings (SSSR count). The van der Waals surface area contributed by atoms with E-state index in [2.05, 4.69) is 20.6 Å². The zero-order valence-corrected chi connectivity index (χ0v) is 15.3. The van der Waals surface area contributed by atoms with Gasteiger partial charge < -0.3 is 20.0 Å². The smallest absolute Gasteiger partial charge is 0.263 e. The predicted octanol–water partition coefficient (Wildman–Crippen LogP) is 0.180. The second-order valence-corrected chi connectivity index (χ2v) is 6.59. The third-order valence-electron chi connectivity index (χ3n) is 4.53. The molecule has 3 heterocycles. The first-order valence-corrected chi connectivity index (χ1v) is 8.87. The number of carbonyl (C=O) groups excluding carboxylic acids is 2. The number of carbonyl (C=O) groups is 2. The molecule has 0 bridgehead atoms. The number of nitrogens with zero attached hydrogens (tertiary/aromatic N) is 2. The van der Waals surface area contributed by atoms with Crippen LogP contribution in [-0.4, -0.2) is 51.9 Å². The maximum Gasteiger partial charge on any atom is 0.263 e. The molecule has 2 amide bonds. The number of aryl methyl sites for hydroxylation is 1. The monoisotopic (exact) mass is 373 g/mol. The second kappa shape index (κ2) is 8.17. The van der Waals surface area contributed by atoms with E-state index >= 15 is 0 Å². The molecule has 1 saturated heterocycles. The molecule has 0 aliphatic carbocycles. The lowest BCUT2D eigenvalue weighted by atomic mass is 10.1. The Morgan fingerprint density at radius 2 is 2.26 bits per heavy atom. The third-order valence-corrected chi connectivity index (χ3v) is 4.53. The number of nitrogens with one attached hydrogen (secondary N) is 3. The van der Waals surface area contributed by atoms with Crippen LogP contribution in [0.3, 0.4) is 0 Å². The van der Waals surface area contributed by atoms with Crippen LogP contribution in [-0.2, 0) is 11.3 Å². The number of furan rings is 1. The molecule has 2 aromatic heterocycles. The van der Waals surface area contributed by atoms with Gasteiger partial charge in [0.15, 0.2) is 0 Å². The Bertz CT molecular complexity index is 861. The van der Waals surface area contributed by atoms with Crippen LogP contribution in [0.15, 0.2) is 34.0 Å². The van der Waals surface area contributed by atoms with Gasteiger partial charge in [-0.25, -0.2) is 4.98 Å². The maximum absolute atomic E-state index is 12.5. The van der Waals surface area contributed by atoms with Gasteiger partial charge in [0.2, 0.25) is 5.91 Å². The Balaban J connectivity index is 1.71. The average molecular weight is 373 g/mol.